The van der Waals surface area contributed by atoms with Crippen LogP contribution in [-0.4, -0.2) is 31.7 Å². The van der Waals surface area contributed by atoms with Gasteiger partial charge in [-0.05, 0) is 19.2 Å². The van der Waals surface area contributed by atoms with Crippen molar-refractivity contribution in [3.8, 4) is 0 Å². The minimum Gasteiger partial charge on any atom is -0.318 e. The van der Waals surface area contributed by atoms with Crippen LogP contribution in [0.2, 0.25) is 0 Å². The first-order valence-corrected chi connectivity index (χ1v) is 4.68. The van der Waals surface area contributed by atoms with Crippen LogP contribution >= 0.6 is 0 Å². The Morgan fingerprint density at radius 3 is 2.85 bits per heavy atom. The molecule has 0 aromatic carbocycles. The Morgan fingerprint density at radius 1 is 1.23 bits per heavy atom. The van der Waals surface area contributed by atoms with E-state index in [1.807, 2.05) is 25.4 Å². The standard InChI is InChI=1S/C10H17N3/c1-11-8-9-12-7-5-10-4-2-3-6-13-10/h2-4,6,11-12H,5,7-9H2,1H3. The zero-order valence-electron chi connectivity index (χ0n) is 8.09. The quantitative estimate of drug-likeness (QED) is 0.622. The summed E-state index contributed by atoms with van der Waals surface area (Å²) in [5.74, 6) is 0. The number of nitrogens with zero attached hydrogens (tertiary/aromatic N) is 1. The van der Waals surface area contributed by atoms with Crippen molar-refractivity contribution < 1.29 is 0 Å². The van der Waals surface area contributed by atoms with Crippen LogP contribution in [0.1, 0.15) is 5.69 Å². The topological polar surface area (TPSA) is 37.0 Å². The fraction of sp³-hybridized carbons (Fsp3) is 0.500. The molecule has 0 fully saturated rings. The van der Waals surface area contributed by atoms with Gasteiger partial charge in [-0.2, -0.15) is 0 Å². The van der Waals surface area contributed by atoms with Crippen LogP contribution in [0, 0.1) is 0 Å². The van der Waals surface area contributed by atoms with E-state index >= 15 is 0 Å². The minimum atomic E-state index is 0.999. The van der Waals surface area contributed by atoms with Crippen LogP contribution in [0.15, 0.2) is 24.4 Å². The molecular weight excluding hydrogens is 162 g/mol. The van der Waals surface area contributed by atoms with Gasteiger partial charge < -0.3 is 10.6 Å². The van der Waals surface area contributed by atoms with Crippen molar-refractivity contribution in [2.24, 2.45) is 0 Å². The number of nitrogens with one attached hydrogen (secondary N) is 2. The number of rotatable bonds is 6. The molecule has 0 aliphatic rings. The molecule has 3 heteroatoms. The van der Waals surface area contributed by atoms with E-state index in [0.29, 0.717) is 0 Å². The highest BCUT2D eigenvalue weighted by molar-refractivity contribution is 5.03. The van der Waals surface area contributed by atoms with Crippen LogP contribution < -0.4 is 10.6 Å². The Balaban J connectivity index is 2.07. The van der Waals surface area contributed by atoms with Crippen LogP contribution in [-0.2, 0) is 6.42 Å². The highest BCUT2D eigenvalue weighted by Gasteiger charge is 1.91. The predicted octanol–water partition coefficient (Wildman–Crippen LogP) is 0.433. The van der Waals surface area contributed by atoms with Crippen molar-refractivity contribution in [3.05, 3.63) is 30.1 Å². The first-order chi connectivity index (χ1) is 6.43. The second kappa shape index (κ2) is 6.57. The molecule has 0 radical (unpaired) electrons. The van der Waals surface area contributed by atoms with E-state index in [1.54, 1.807) is 0 Å². The van der Waals surface area contributed by atoms with Gasteiger partial charge in [0.25, 0.3) is 0 Å². The maximum Gasteiger partial charge on any atom is 0.0416 e. The van der Waals surface area contributed by atoms with Gasteiger partial charge in [-0.3, -0.25) is 4.98 Å². The average molecular weight is 179 g/mol. The smallest absolute Gasteiger partial charge is 0.0416 e. The number of hydrogen-bond acceptors (Lipinski definition) is 3. The average Bonchev–Trinajstić information content (AvgIpc) is 2.19. The molecule has 0 aliphatic heterocycles. The monoisotopic (exact) mass is 179 g/mol. The number of likely N-dealkylation sites (N-methyl/N-ethyl adjacent to an activating group) is 1. The SMILES string of the molecule is CNCCNCCc1ccccn1. The third-order valence-corrected chi connectivity index (χ3v) is 1.84. The van der Waals surface area contributed by atoms with Gasteiger partial charge in [0.05, 0.1) is 0 Å². The van der Waals surface area contributed by atoms with Gasteiger partial charge in [-0.15, -0.1) is 0 Å². The molecule has 1 aromatic heterocycles. The molecule has 0 saturated carbocycles. The zero-order chi connectivity index (χ0) is 9.36. The summed E-state index contributed by atoms with van der Waals surface area (Å²) in [5.41, 5.74) is 1.15. The summed E-state index contributed by atoms with van der Waals surface area (Å²) in [6, 6.07) is 6.02. The van der Waals surface area contributed by atoms with Crippen LogP contribution in [0.5, 0.6) is 0 Å². The molecule has 3 nitrogen and oxygen atoms in total. The highest BCUT2D eigenvalue weighted by atomic mass is 14.9. The summed E-state index contributed by atoms with van der Waals surface area (Å²) in [6.45, 7) is 3.03. The molecule has 0 spiro atoms. The van der Waals surface area contributed by atoms with Gasteiger partial charge in [0, 0.05) is 37.9 Å². The largest absolute Gasteiger partial charge is 0.318 e. The van der Waals surface area contributed by atoms with E-state index in [-0.39, 0.29) is 0 Å². The molecule has 0 aliphatic carbocycles. The third-order valence-electron chi connectivity index (χ3n) is 1.84. The van der Waals surface area contributed by atoms with Crippen molar-refractivity contribution in [1.82, 2.24) is 15.6 Å². The number of aromatic nitrogens is 1. The lowest BCUT2D eigenvalue weighted by molar-refractivity contribution is 0.645. The molecule has 2 N–H and O–H groups in total. The van der Waals surface area contributed by atoms with Crippen molar-refractivity contribution in [2.45, 2.75) is 6.42 Å². The van der Waals surface area contributed by atoms with Gasteiger partial charge in [-0.1, -0.05) is 6.07 Å². The third kappa shape index (κ3) is 4.60. The fourth-order valence-electron chi connectivity index (χ4n) is 1.10. The van der Waals surface area contributed by atoms with Gasteiger partial charge in [0.15, 0.2) is 0 Å². The summed E-state index contributed by atoms with van der Waals surface area (Å²) in [7, 11) is 1.96. The van der Waals surface area contributed by atoms with E-state index in [4.69, 9.17) is 0 Å². The molecule has 72 valence electrons. The second-order valence-corrected chi connectivity index (χ2v) is 2.92. The number of pyridine rings is 1. The Hall–Kier alpha value is -0.930. The molecule has 0 bridgehead atoms. The van der Waals surface area contributed by atoms with E-state index in [2.05, 4.69) is 21.7 Å². The molecule has 1 aromatic rings. The molecule has 13 heavy (non-hydrogen) atoms. The normalized spacial score (nSPS) is 10.2. The van der Waals surface area contributed by atoms with E-state index in [1.165, 1.54) is 0 Å². The highest BCUT2D eigenvalue weighted by Crippen LogP contribution is 1.92. The fourth-order valence-corrected chi connectivity index (χ4v) is 1.10. The Morgan fingerprint density at radius 2 is 2.15 bits per heavy atom. The first kappa shape index (κ1) is 10.2. The predicted molar refractivity (Wildman–Crippen MR) is 54.7 cm³/mol. The van der Waals surface area contributed by atoms with Crippen LogP contribution in [0.3, 0.4) is 0 Å². The molecular formula is C10H17N3. The second-order valence-electron chi connectivity index (χ2n) is 2.92. The molecule has 1 rings (SSSR count). The van der Waals surface area contributed by atoms with Crippen LogP contribution in [0.25, 0.3) is 0 Å². The van der Waals surface area contributed by atoms with Crippen molar-refractivity contribution >= 4 is 0 Å². The van der Waals surface area contributed by atoms with E-state index in [9.17, 15) is 0 Å². The molecule has 0 atom stereocenters. The van der Waals surface area contributed by atoms with Crippen molar-refractivity contribution in [1.29, 1.82) is 0 Å². The zero-order valence-corrected chi connectivity index (χ0v) is 8.09. The Kier molecular flexibility index (Phi) is 5.13. The van der Waals surface area contributed by atoms with Gasteiger partial charge >= 0.3 is 0 Å². The lowest BCUT2D eigenvalue weighted by Gasteiger charge is -2.03. The van der Waals surface area contributed by atoms with Crippen molar-refractivity contribution in [2.75, 3.05) is 26.7 Å². The Labute approximate surface area is 79.6 Å². The summed E-state index contributed by atoms with van der Waals surface area (Å²) < 4.78 is 0. The first-order valence-electron chi connectivity index (χ1n) is 4.68. The van der Waals surface area contributed by atoms with Gasteiger partial charge in [-0.25, -0.2) is 0 Å². The summed E-state index contributed by atoms with van der Waals surface area (Å²) in [6.07, 6.45) is 2.84. The van der Waals surface area contributed by atoms with Crippen molar-refractivity contribution in [3.63, 3.8) is 0 Å². The maximum absolute atomic E-state index is 4.24. The van der Waals surface area contributed by atoms with E-state index in [0.717, 1.165) is 31.7 Å². The van der Waals surface area contributed by atoms with E-state index < -0.39 is 0 Å². The molecule has 1 heterocycles. The lowest BCUT2D eigenvalue weighted by Crippen LogP contribution is -2.26. The lowest BCUT2D eigenvalue weighted by atomic mass is 10.3. The molecule has 0 amide bonds. The maximum atomic E-state index is 4.24. The molecule has 0 saturated heterocycles. The van der Waals surface area contributed by atoms with Gasteiger partial charge in [0.1, 0.15) is 0 Å². The minimum absolute atomic E-state index is 0.999. The number of hydrogen-bond donors (Lipinski definition) is 2. The summed E-state index contributed by atoms with van der Waals surface area (Å²) in [5, 5.41) is 6.42. The summed E-state index contributed by atoms with van der Waals surface area (Å²) in [4.78, 5) is 4.24. The van der Waals surface area contributed by atoms with Crippen LogP contribution in [0.4, 0.5) is 0 Å². The van der Waals surface area contributed by atoms with Gasteiger partial charge in [0.2, 0.25) is 0 Å². The Bertz CT molecular complexity index is 211. The summed E-state index contributed by atoms with van der Waals surface area (Å²) >= 11 is 0. The molecule has 0 unspecified atom stereocenters.